The molecule has 0 aromatic carbocycles. The predicted octanol–water partition coefficient (Wildman–Crippen LogP) is 2.46. The largest absolute Gasteiger partial charge is 0.415 e. The van der Waals surface area contributed by atoms with E-state index in [1.807, 2.05) is 0 Å². The van der Waals surface area contributed by atoms with E-state index >= 15 is 0 Å². The summed E-state index contributed by atoms with van der Waals surface area (Å²) < 4.78 is 50.5. The van der Waals surface area contributed by atoms with Crippen LogP contribution in [0.4, 0.5) is 13.2 Å². The summed E-state index contributed by atoms with van der Waals surface area (Å²) in [6, 6.07) is 0. The van der Waals surface area contributed by atoms with Crippen LogP contribution in [0.1, 0.15) is 0 Å². The number of hydrogen-bond acceptors (Lipinski definition) is 3. The fourth-order valence-corrected chi connectivity index (χ4v) is 0.979. The molecule has 0 unspecified atom stereocenters. The lowest BCUT2D eigenvalue weighted by atomic mass is 10.3. The van der Waals surface area contributed by atoms with Crippen molar-refractivity contribution in [3.8, 4) is 0 Å². The van der Waals surface area contributed by atoms with Gasteiger partial charge in [-0.15, -0.1) is 0 Å². The van der Waals surface area contributed by atoms with E-state index in [2.05, 4.69) is 25.4 Å². The fourth-order valence-electron chi connectivity index (χ4n) is 0.587. The topological polar surface area (TPSA) is 27.7 Å². The Bertz CT molecular complexity index is 194. The van der Waals surface area contributed by atoms with Crippen molar-refractivity contribution in [1.82, 2.24) is 0 Å². The van der Waals surface area contributed by atoms with Gasteiger partial charge in [0.1, 0.15) is 6.79 Å². The molecule has 0 rings (SSSR count). The van der Waals surface area contributed by atoms with Crippen molar-refractivity contribution >= 4 is 15.9 Å². The zero-order chi connectivity index (χ0) is 11.7. The van der Waals surface area contributed by atoms with Crippen LogP contribution in [0.25, 0.3) is 0 Å². The third kappa shape index (κ3) is 7.78. The maximum absolute atomic E-state index is 12.1. The van der Waals surface area contributed by atoms with Crippen molar-refractivity contribution in [2.24, 2.45) is 0 Å². The summed E-state index contributed by atoms with van der Waals surface area (Å²) in [7, 11) is 1.50. The van der Waals surface area contributed by atoms with E-state index in [-0.39, 0.29) is 13.4 Å². The molecule has 0 radical (unpaired) electrons. The smallest absolute Gasteiger partial charge is 0.382 e. The zero-order valence-electron chi connectivity index (χ0n) is 8.14. The van der Waals surface area contributed by atoms with Crippen molar-refractivity contribution in [1.29, 1.82) is 0 Å². The van der Waals surface area contributed by atoms with Gasteiger partial charge in [-0.2, -0.15) is 13.2 Å². The van der Waals surface area contributed by atoms with Crippen molar-refractivity contribution in [2.45, 2.75) is 6.18 Å². The molecule has 0 fully saturated rings. The molecule has 0 saturated heterocycles. The van der Waals surface area contributed by atoms with Gasteiger partial charge in [0, 0.05) is 7.11 Å². The normalized spacial score (nSPS) is 13.3. The zero-order valence-corrected chi connectivity index (χ0v) is 9.73. The van der Waals surface area contributed by atoms with E-state index in [1.54, 1.807) is 0 Å². The SMILES string of the molecule is COCCOCOC/C(=C/Br)C(F)(F)F. The van der Waals surface area contributed by atoms with Gasteiger partial charge >= 0.3 is 6.18 Å². The Labute approximate surface area is 94.3 Å². The first-order valence-corrected chi connectivity index (χ1v) is 4.94. The Morgan fingerprint density at radius 2 is 1.93 bits per heavy atom. The van der Waals surface area contributed by atoms with Crippen molar-refractivity contribution in [3.63, 3.8) is 0 Å². The lowest BCUT2D eigenvalue weighted by molar-refractivity contribution is -0.113. The average molecular weight is 293 g/mol. The van der Waals surface area contributed by atoms with Crippen LogP contribution in [-0.4, -0.2) is 39.9 Å². The molecule has 0 aliphatic carbocycles. The highest BCUT2D eigenvalue weighted by atomic mass is 79.9. The summed E-state index contributed by atoms with van der Waals surface area (Å²) >= 11 is 2.62. The molecule has 0 N–H and O–H groups in total. The summed E-state index contributed by atoms with van der Waals surface area (Å²) in [4.78, 5) is 0.794. The molecule has 0 heterocycles. The van der Waals surface area contributed by atoms with Crippen LogP contribution in [-0.2, 0) is 14.2 Å². The minimum Gasteiger partial charge on any atom is -0.382 e. The first kappa shape index (κ1) is 14.9. The molecule has 0 saturated carbocycles. The van der Waals surface area contributed by atoms with Gasteiger partial charge in [-0.1, -0.05) is 15.9 Å². The highest BCUT2D eigenvalue weighted by Gasteiger charge is 2.33. The van der Waals surface area contributed by atoms with Crippen molar-refractivity contribution in [3.05, 3.63) is 10.6 Å². The van der Waals surface area contributed by atoms with Gasteiger partial charge in [-0.25, -0.2) is 0 Å². The van der Waals surface area contributed by atoms with Crippen LogP contribution in [0.3, 0.4) is 0 Å². The molecule has 0 aliphatic heterocycles. The third-order valence-corrected chi connectivity index (χ3v) is 1.90. The highest BCUT2D eigenvalue weighted by molar-refractivity contribution is 9.11. The van der Waals surface area contributed by atoms with Gasteiger partial charge in [0.15, 0.2) is 0 Å². The van der Waals surface area contributed by atoms with Crippen molar-refractivity contribution in [2.75, 3.05) is 33.7 Å². The summed E-state index contributed by atoms with van der Waals surface area (Å²) in [6.07, 6.45) is -4.38. The summed E-state index contributed by atoms with van der Waals surface area (Å²) in [5.41, 5.74) is -0.794. The maximum Gasteiger partial charge on any atom is 0.415 e. The van der Waals surface area contributed by atoms with E-state index in [0.29, 0.717) is 6.61 Å². The minimum atomic E-state index is -4.38. The standard InChI is InChI=1S/C8H12BrF3O3/c1-13-2-3-14-6-15-5-7(4-9)8(10,11)12/h4H,2-3,5-6H2,1H3/b7-4-. The Balaban J connectivity index is 3.58. The number of ether oxygens (including phenoxy) is 3. The molecule has 0 aromatic rings. The molecular formula is C8H12BrF3O3. The van der Waals surface area contributed by atoms with Gasteiger partial charge in [-0.05, 0) is 4.99 Å². The minimum absolute atomic E-state index is 0.191. The third-order valence-electron chi connectivity index (χ3n) is 1.35. The van der Waals surface area contributed by atoms with Crippen LogP contribution < -0.4 is 0 Å². The monoisotopic (exact) mass is 292 g/mol. The average Bonchev–Trinajstić information content (AvgIpc) is 2.15. The molecule has 0 spiro atoms. The van der Waals surface area contributed by atoms with Crippen LogP contribution in [0.2, 0.25) is 0 Å². The molecule has 0 amide bonds. The number of alkyl halides is 3. The molecule has 0 bridgehead atoms. The van der Waals surface area contributed by atoms with Gasteiger partial charge < -0.3 is 14.2 Å². The second-order valence-electron chi connectivity index (χ2n) is 2.50. The number of rotatable bonds is 7. The molecular weight excluding hydrogens is 281 g/mol. The summed E-state index contributed by atoms with van der Waals surface area (Å²) in [5.74, 6) is 0. The second-order valence-corrected chi connectivity index (χ2v) is 2.96. The number of methoxy groups -OCH3 is 1. The Morgan fingerprint density at radius 1 is 1.27 bits per heavy atom. The molecule has 0 aliphatic rings. The fraction of sp³-hybridized carbons (Fsp3) is 0.750. The van der Waals surface area contributed by atoms with Gasteiger partial charge in [0.05, 0.1) is 25.4 Å². The quantitative estimate of drug-likeness (QED) is 0.533. The Hall–Kier alpha value is -0.110. The molecule has 0 atom stereocenters. The molecule has 3 nitrogen and oxygen atoms in total. The van der Waals surface area contributed by atoms with Gasteiger partial charge in [0.25, 0.3) is 0 Å². The summed E-state index contributed by atoms with van der Waals surface area (Å²) in [6.45, 7) is -0.0643. The number of halogens is 4. The first-order chi connectivity index (χ1) is 7.02. The summed E-state index contributed by atoms with van der Waals surface area (Å²) in [5, 5.41) is 0. The van der Waals surface area contributed by atoms with E-state index in [1.165, 1.54) is 7.11 Å². The van der Waals surface area contributed by atoms with Crippen LogP contribution in [0.5, 0.6) is 0 Å². The predicted molar refractivity (Wildman–Crippen MR) is 51.7 cm³/mol. The maximum atomic E-state index is 12.1. The van der Waals surface area contributed by atoms with E-state index in [0.717, 1.165) is 4.99 Å². The molecule has 0 aromatic heterocycles. The van der Waals surface area contributed by atoms with Gasteiger partial charge in [-0.3, -0.25) is 0 Å². The Kier molecular flexibility index (Phi) is 8.03. The van der Waals surface area contributed by atoms with E-state index in [4.69, 9.17) is 4.74 Å². The van der Waals surface area contributed by atoms with Crippen LogP contribution in [0, 0.1) is 0 Å². The van der Waals surface area contributed by atoms with Crippen molar-refractivity contribution < 1.29 is 27.4 Å². The van der Waals surface area contributed by atoms with Crippen LogP contribution >= 0.6 is 15.9 Å². The lowest BCUT2D eigenvalue weighted by Crippen LogP contribution is -2.17. The van der Waals surface area contributed by atoms with E-state index in [9.17, 15) is 13.2 Å². The van der Waals surface area contributed by atoms with E-state index < -0.39 is 18.4 Å². The highest BCUT2D eigenvalue weighted by Crippen LogP contribution is 2.26. The molecule has 15 heavy (non-hydrogen) atoms. The lowest BCUT2D eigenvalue weighted by Gasteiger charge is -2.11. The molecule has 7 heteroatoms. The number of hydrogen-bond donors (Lipinski definition) is 0. The second kappa shape index (κ2) is 8.09. The van der Waals surface area contributed by atoms with Crippen LogP contribution in [0.15, 0.2) is 10.6 Å². The Morgan fingerprint density at radius 3 is 2.40 bits per heavy atom. The molecule has 90 valence electrons. The first-order valence-electron chi connectivity index (χ1n) is 4.03. The van der Waals surface area contributed by atoms with Gasteiger partial charge in [0.2, 0.25) is 0 Å².